The fraction of sp³-hybridized carbons (Fsp3) is 1.00. The normalized spacial score (nSPS) is 12.5. The zero-order valence-electron chi connectivity index (χ0n) is 8.81. The summed E-state index contributed by atoms with van der Waals surface area (Å²) in [4.78, 5) is 0. The van der Waals surface area contributed by atoms with Crippen LogP contribution in [-0.2, 0) is 9.47 Å². The van der Waals surface area contributed by atoms with Crippen LogP contribution in [0, 0.1) is 0 Å². The number of hydrogen-bond acceptors (Lipinski definition) is 3. The van der Waals surface area contributed by atoms with E-state index in [-0.39, 0.29) is 11.8 Å². The van der Waals surface area contributed by atoms with E-state index in [0.29, 0.717) is 13.2 Å². The Balaban J connectivity index is 3.31. The summed E-state index contributed by atoms with van der Waals surface area (Å²) in [6.07, 6.45) is 0.284. The van der Waals surface area contributed by atoms with E-state index in [0.717, 1.165) is 0 Å². The summed E-state index contributed by atoms with van der Waals surface area (Å²) in [6.45, 7) is 9.30. The van der Waals surface area contributed by atoms with Crippen molar-refractivity contribution < 1.29 is 9.47 Å². The predicted octanol–water partition coefficient (Wildman–Crippen LogP) is 1.38. The van der Waals surface area contributed by atoms with E-state index >= 15 is 0 Å². The van der Waals surface area contributed by atoms with Crippen molar-refractivity contribution in [2.24, 2.45) is 0 Å². The van der Waals surface area contributed by atoms with Gasteiger partial charge in [0.15, 0.2) is 0 Å². The predicted molar refractivity (Wildman–Crippen MR) is 50.2 cm³/mol. The molecule has 12 heavy (non-hydrogen) atoms. The minimum absolute atomic E-state index is 0.250. The van der Waals surface area contributed by atoms with E-state index in [1.54, 1.807) is 0 Å². The van der Waals surface area contributed by atoms with E-state index in [9.17, 15) is 0 Å². The molecule has 74 valence electrons. The van der Waals surface area contributed by atoms with Crippen molar-refractivity contribution in [2.75, 3.05) is 20.3 Å². The molecule has 0 amide bonds. The highest BCUT2D eigenvalue weighted by molar-refractivity contribution is 4.60. The van der Waals surface area contributed by atoms with Gasteiger partial charge in [0, 0.05) is 0 Å². The van der Waals surface area contributed by atoms with Crippen molar-refractivity contribution in [3.63, 3.8) is 0 Å². The molecular weight excluding hydrogens is 154 g/mol. The third-order valence-electron chi connectivity index (χ3n) is 1.60. The molecule has 0 radical (unpaired) electrons. The fourth-order valence-corrected chi connectivity index (χ4v) is 0.653. The van der Waals surface area contributed by atoms with Gasteiger partial charge >= 0.3 is 0 Å². The Morgan fingerprint density at radius 2 is 1.83 bits per heavy atom. The first-order chi connectivity index (χ1) is 5.48. The van der Waals surface area contributed by atoms with Gasteiger partial charge in [0.25, 0.3) is 0 Å². The molecule has 1 N–H and O–H groups in total. The second-order valence-electron chi connectivity index (χ2n) is 3.53. The van der Waals surface area contributed by atoms with Crippen LogP contribution in [0.3, 0.4) is 0 Å². The molecule has 0 saturated heterocycles. The van der Waals surface area contributed by atoms with Crippen LogP contribution < -0.4 is 5.32 Å². The Labute approximate surface area is 75.4 Å². The van der Waals surface area contributed by atoms with Crippen molar-refractivity contribution in [3.8, 4) is 0 Å². The molecule has 0 aromatic carbocycles. The first-order valence-electron chi connectivity index (χ1n) is 4.42. The van der Waals surface area contributed by atoms with Gasteiger partial charge in [-0.1, -0.05) is 0 Å². The van der Waals surface area contributed by atoms with Gasteiger partial charge in [-0.2, -0.15) is 0 Å². The van der Waals surface area contributed by atoms with Gasteiger partial charge in [-0.25, -0.2) is 0 Å². The van der Waals surface area contributed by atoms with E-state index in [2.05, 4.69) is 5.32 Å². The van der Waals surface area contributed by atoms with E-state index in [1.165, 1.54) is 0 Å². The highest BCUT2D eigenvalue weighted by Crippen LogP contribution is 2.02. The molecule has 0 aromatic heterocycles. The van der Waals surface area contributed by atoms with Gasteiger partial charge in [-0.15, -0.1) is 0 Å². The summed E-state index contributed by atoms with van der Waals surface area (Å²) in [7, 11) is 1.88. The fourth-order valence-electron chi connectivity index (χ4n) is 0.653. The summed E-state index contributed by atoms with van der Waals surface area (Å²) in [5, 5.41) is 3.05. The second-order valence-corrected chi connectivity index (χ2v) is 3.53. The van der Waals surface area contributed by atoms with Crippen molar-refractivity contribution in [1.82, 2.24) is 5.32 Å². The first kappa shape index (κ1) is 11.9. The lowest BCUT2D eigenvalue weighted by molar-refractivity contribution is -0.0689. The Morgan fingerprint density at radius 1 is 1.25 bits per heavy atom. The molecule has 0 aliphatic rings. The largest absolute Gasteiger partial charge is 0.376 e. The van der Waals surface area contributed by atoms with Crippen molar-refractivity contribution >= 4 is 0 Å². The topological polar surface area (TPSA) is 30.5 Å². The van der Waals surface area contributed by atoms with Gasteiger partial charge in [0.05, 0.1) is 19.3 Å². The van der Waals surface area contributed by atoms with E-state index < -0.39 is 0 Å². The van der Waals surface area contributed by atoms with Gasteiger partial charge in [0.1, 0.15) is 5.72 Å². The molecule has 0 aromatic rings. The van der Waals surface area contributed by atoms with Crippen LogP contribution in [0.25, 0.3) is 0 Å². The first-order valence-corrected chi connectivity index (χ1v) is 4.42. The van der Waals surface area contributed by atoms with Crippen molar-refractivity contribution in [1.29, 1.82) is 0 Å². The van der Waals surface area contributed by atoms with Crippen LogP contribution >= 0.6 is 0 Å². The standard InChI is InChI=1S/C9H21NO2/c1-8(2)11-6-7-12-9(3,4)10-5/h8,10H,6-7H2,1-5H3. The molecule has 0 saturated carbocycles. The van der Waals surface area contributed by atoms with Gasteiger partial charge in [0.2, 0.25) is 0 Å². The molecule has 0 aliphatic carbocycles. The number of ether oxygens (including phenoxy) is 2. The zero-order chi connectivity index (χ0) is 9.61. The van der Waals surface area contributed by atoms with Gasteiger partial charge < -0.3 is 9.47 Å². The maximum Gasteiger partial charge on any atom is 0.113 e. The summed E-state index contributed by atoms with van der Waals surface area (Å²) in [5.74, 6) is 0. The molecule has 0 spiro atoms. The van der Waals surface area contributed by atoms with Crippen LogP contribution in [0.4, 0.5) is 0 Å². The molecule has 0 heterocycles. The number of rotatable bonds is 6. The van der Waals surface area contributed by atoms with Crippen LogP contribution in [-0.4, -0.2) is 32.1 Å². The molecule has 0 rings (SSSR count). The van der Waals surface area contributed by atoms with Gasteiger partial charge in [-0.05, 0) is 34.7 Å². The van der Waals surface area contributed by atoms with Crippen LogP contribution in [0.2, 0.25) is 0 Å². The Bertz CT molecular complexity index is 113. The monoisotopic (exact) mass is 175 g/mol. The molecule has 0 fully saturated rings. The second kappa shape index (κ2) is 5.51. The zero-order valence-corrected chi connectivity index (χ0v) is 8.81. The number of nitrogens with one attached hydrogen (secondary N) is 1. The third kappa shape index (κ3) is 6.58. The molecule has 3 heteroatoms. The minimum atomic E-state index is -0.250. The summed E-state index contributed by atoms with van der Waals surface area (Å²) in [6, 6.07) is 0. The highest BCUT2D eigenvalue weighted by atomic mass is 16.5. The SMILES string of the molecule is CNC(C)(C)OCCOC(C)C. The maximum absolute atomic E-state index is 5.49. The quantitative estimate of drug-likeness (QED) is 0.489. The maximum atomic E-state index is 5.49. The smallest absolute Gasteiger partial charge is 0.113 e. The third-order valence-corrected chi connectivity index (χ3v) is 1.60. The molecule has 0 bridgehead atoms. The molecule has 0 atom stereocenters. The van der Waals surface area contributed by atoms with Crippen LogP contribution in [0.5, 0.6) is 0 Å². The molecule has 3 nitrogen and oxygen atoms in total. The lowest BCUT2D eigenvalue weighted by atomic mass is 10.3. The van der Waals surface area contributed by atoms with E-state index in [4.69, 9.17) is 9.47 Å². The lowest BCUT2D eigenvalue weighted by Gasteiger charge is -2.24. The Kier molecular flexibility index (Phi) is 5.46. The molecular formula is C9H21NO2. The Hall–Kier alpha value is -0.120. The average molecular weight is 175 g/mol. The minimum Gasteiger partial charge on any atom is -0.376 e. The van der Waals surface area contributed by atoms with Crippen molar-refractivity contribution in [2.45, 2.75) is 39.5 Å². The van der Waals surface area contributed by atoms with Crippen LogP contribution in [0.15, 0.2) is 0 Å². The summed E-state index contributed by atoms with van der Waals surface area (Å²) in [5.41, 5.74) is -0.250. The van der Waals surface area contributed by atoms with E-state index in [1.807, 2.05) is 34.7 Å². The van der Waals surface area contributed by atoms with Crippen molar-refractivity contribution in [3.05, 3.63) is 0 Å². The lowest BCUT2D eigenvalue weighted by Crippen LogP contribution is -2.40. The highest BCUT2D eigenvalue weighted by Gasteiger charge is 2.13. The summed E-state index contributed by atoms with van der Waals surface area (Å²) < 4.78 is 10.8. The Morgan fingerprint density at radius 3 is 2.25 bits per heavy atom. The molecule has 0 aliphatic heterocycles. The number of hydrogen-bond donors (Lipinski definition) is 1. The average Bonchev–Trinajstić information content (AvgIpc) is 1.98. The summed E-state index contributed by atoms with van der Waals surface area (Å²) >= 11 is 0. The molecule has 0 unspecified atom stereocenters. The van der Waals surface area contributed by atoms with Gasteiger partial charge in [-0.3, -0.25) is 5.32 Å². The van der Waals surface area contributed by atoms with Crippen LogP contribution in [0.1, 0.15) is 27.7 Å².